The average Bonchev–Trinajstić information content (AvgIpc) is 2.75. The number of hydrogen-bond acceptors (Lipinski definition) is 5. The Morgan fingerprint density at radius 1 is 1.42 bits per heavy atom. The molecule has 0 saturated heterocycles. The summed E-state index contributed by atoms with van der Waals surface area (Å²) in [6.07, 6.45) is 0. The summed E-state index contributed by atoms with van der Waals surface area (Å²) in [5.41, 5.74) is 7.30. The molecule has 0 aromatic carbocycles. The van der Waals surface area contributed by atoms with Crippen molar-refractivity contribution >= 4 is 11.6 Å². The van der Waals surface area contributed by atoms with Crippen LogP contribution in [-0.2, 0) is 9.47 Å². The van der Waals surface area contributed by atoms with E-state index in [1.807, 2.05) is 13.8 Å². The number of carbonyl (C=O) groups excluding carboxylic acids is 1. The van der Waals surface area contributed by atoms with E-state index in [2.05, 4.69) is 15.5 Å². The number of carbonyl (C=O) groups is 1. The van der Waals surface area contributed by atoms with Crippen LogP contribution in [0.1, 0.15) is 35.9 Å². The SMILES string of the molecule is COCCOCCNC(=O)c1n[nH]c(C(C)C)c1N. The highest BCUT2D eigenvalue weighted by atomic mass is 16.5. The largest absolute Gasteiger partial charge is 0.395 e. The third kappa shape index (κ3) is 4.53. The standard InChI is InChI=1S/C12H22N4O3/c1-8(2)10-9(13)11(16-15-10)12(17)14-4-5-19-7-6-18-3/h8H,4-7,13H2,1-3H3,(H,14,17)(H,15,16). The van der Waals surface area contributed by atoms with Gasteiger partial charge in [-0.3, -0.25) is 9.89 Å². The van der Waals surface area contributed by atoms with Gasteiger partial charge in [0.15, 0.2) is 5.69 Å². The molecule has 0 fully saturated rings. The van der Waals surface area contributed by atoms with Gasteiger partial charge in [0.1, 0.15) is 0 Å². The Labute approximate surface area is 112 Å². The van der Waals surface area contributed by atoms with Crippen molar-refractivity contribution in [3.05, 3.63) is 11.4 Å². The second kappa shape index (κ2) is 7.75. The lowest BCUT2D eigenvalue weighted by atomic mass is 10.1. The van der Waals surface area contributed by atoms with Crippen molar-refractivity contribution in [2.24, 2.45) is 0 Å². The van der Waals surface area contributed by atoms with Crippen LogP contribution in [0.15, 0.2) is 0 Å². The zero-order chi connectivity index (χ0) is 14.3. The number of rotatable bonds is 8. The number of nitrogens with two attached hydrogens (primary N) is 1. The molecule has 1 heterocycles. The normalized spacial score (nSPS) is 10.9. The highest BCUT2D eigenvalue weighted by Crippen LogP contribution is 2.21. The second-order valence-electron chi connectivity index (χ2n) is 4.42. The molecule has 7 heteroatoms. The number of methoxy groups -OCH3 is 1. The lowest BCUT2D eigenvalue weighted by Crippen LogP contribution is -2.28. The first-order valence-corrected chi connectivity index (χ1v) is 6.26. The molecule has 0 aliphatic rings. The molecule has 0 spiro atoms. The minimum absolute atomic E-state index is 0.200. The molecule has 1 rings (SSSR count). The quantitative estimate of drug-likeness (QED) is 0.597. The first kappa shape index (κ1) is 15.5. The predicted molar refractivity (Wildman–Crippen MR) is 72.1 cm³/mol. The number of hydrogen-bond donors (Lipinski definition) is 3. The van der Waals surface area contributed by atoms with Gasteiger partial charge >= 0.3 is 0 Å². The number of H-pyrrole nitrogens is 1. The first-order valence-electron chi connectivity index (χ1n) is 6.26. The minimum Gasteiger partial charge on any atom is -0.395 e. The van der Waals surface area contributed by atoms with Crippen LogP contribution in [-0.4, -0.2) is 49.6 Å². The molecular formula is C12H22N4O3. The van der Waals surface area contributed by atoms with Crippen LogP contribution in [0.4, 0.5) is 5.69 Å². The van der Waals surface area contributed by atoms with Crippen molar-refractivity contribution in [1.82, 2.24) is 15.5 Å². The van der Waals surface area contributed by atoms with Gasteiger partial charge in [0.05, 0.1) is 31.2 Å². The maximum Gasteiger partial charge on any atom is 0.274 e. The third-order valence-corrected chi connectivity index (χ3v) is 2.59. The Balaban J connectivity index is 2.37. The van der Waals surface area contributed by atoms with Crippen molar-refractivity contribution < 1.29 is 14.3 Å². The van der Waals surface area contributed by atoms with Gasteiger partial charge in [0, 0.05) is 13.7 Å². The van der Waals surface area contributed by atoms with E-state index in [4.69, 9.17) is 15.2 Å². The molecule has 108 valence electrons. The van der Waals surface area contributed by atoms with Crippen molar-refractivity contribution in [2.45, 2.75) is 19.8 Å². The number of aromatic nitrogens is 2. The van der Waals surface area contributed by atoms with E-state index in [9.17, 15) is 4.79 Å². The molecule has 0 aliphatic heterocycles. The Bertz CT molecular complexity index is 404. The second-order valence-corrected chi connectivity index (χ2v) is 4.42. The number of anilines is 1. The lowest BCUT2D eigenvalue weighted by molar-refractivity contribution is 0.0692. The average molecular weight is 270 g/mol. The van der Waals surface area contributed by atoms with Crippen LogP contribution in [0.3, 0.4) is 0 Å². The maximum absolute atomic E-state index is 11.8. The summed E-state index contributed by atoms with van der Waals surface area (Å²) in [5, 5.41) is 9.43. The van der Waals surface area contributed by atoms with Crippen LogP contribution in [0.25, 0.3) is 0 Å². The van der Waals surface area contributed by atoms with E-state index in [0.29, 0.717) is 32.1 Å². The monoisotopic (exact) mass is 270 g/mol. The fraction of sp³-hybridized carbons (Fsp3) is 0.667. The molecule has 0 aliphatic carbocycles. The summed E-state index contributed by atoms with van der Waals surface area (Å²) in [7, 11) is 1.61. The minimum atomic E-state index is -0.295. The van der Waals surface area contributed by atoms with Gasteiger partial charge in [-0.25, -0.2) is 0 Å². The van der Waals surface area contributed by atoms with Gasteiger partial charge in [-0.15, -0.1) is 0 Å². The highest BCUT2D eigenvalue weighted by Gasteiger charge is 2.18. The maximum atomic E-state index is 11.8. The number of aromatic amines is 1. The number of ether oxygens (including phenoxy) is 2. The number of nitrogens with one attached hydrogen (secondary N) is 2. The van der Waals surface area contributed by atoms with Gasteiger partial charge < -0.3 is 20.5 Å². The molecule has 1 amide bonds. The lowest BCUT2D eigenvalue weighted by Gasteiger charge is -2.06. The smallest absolute Gasteiger partial charge is 0.274 e. The molecule has 0 atom stereocenters. The van der Waals surface area contributed by atoms with Crippen molar-refractivity contribution in [3.8, 4) is 0 Å². The van der Waals surface area contributed by atoms with Crippen molar-refractivity contribution in [1.29, 1.82) is 0 Å². The summed E-state index contributed by atoms with van der Waals surface area (Å²) in [6.45, 7) is 5.85. The Morgan fingerprint density at radius 3 is 2.74 bits per heavy atom. The molecule has 0 radical (unpaired) electrons. The molecule has 19 heavy (non-hydrogen) atoms. The van der Waals surface area contributed by atoms with E-state index in [1.54, 1.807) is 7.11 Å². The van der Waals surface area contributed by atoms with E-state index in [-0.39, 0.29) is 17.5 Å². The van der Waals surface area contributed by atoms with E-state index in [0.717, 1.165) is 5.69 Å². The topological polar surface area (TPSA) is 102 Å². The number of nitrogens with zero attached hydrogens (tertiary/aromatic N) is 1. The summed E-state index contributed by atoms with van der Waals surface area (Å²) < 4.78 is 10.1. The fourth-order valence-electron chi connectivity index (χ4n) is 1.54. The van der Waals surface area contributed by atoms with E-state index >= 15 is 0 Å². The van der Waals surface area contributed by atoms with Gasteiger partial charge in [0.2, 0.25) is 0 Å². The highest BCUT2D eigenvalue weighted by molar-refractivity contribution is 5.97. The Morgan fingerprint density at radius 2 is 2.16 bits per heavy atom. The summed E-state index contributed by atoms with van der Waals surface area (Å²) >= 11 is 0. The van der Waals surface area contributed by atoms with Crippen molar-refractivity contribution in [2.75, 3.05) is 39.2 Å². The van der Waals surface area contributed by atoms with Gasteiger partial charge in [-0.1, -0.05) is 13.8 Å². The molecule has 1 aromatic heterocycles. The molecule has 7 nitrogen and oxygen atoms in total. The number of nitrogen functional groups attached to an aromatic ring is 1. The molecule has 0 saturated carbocycles. The van der Waals surface area contributed by atoms with E-state index < -0.39 is 0 Å². The van der Waals surface area contributed by atoms with Gasteiger partial charge in [0.25, 0.3) is 5.91 Å². The fourth-order valence-corrected chi connectivity index (χ4v) is 1.54. The molecule has 0 unspecified atom stereocenters. The molecule has 1 aromatic rings. The Kier molecular flexibility index (Phi) is 6.31. The third-order valence-electron chi connectivity index (χ3n) is 2.59. The van der Waals surface area contributed by atoms with E-state index in [1.165, 1.54) is 0 Å². The van der Waals surface area contributed by atoms with Crippen LogP contribution in [0.5, 0.6) is 0 Å². The van der Waals surface area contributed by atoms with Gasteiger partial charge in [-0.2, -0.15) is 5.10 Å². The van der Waals surface area contributed by atoms with Gasteiger partial charge in [-0.05, 0) is 5.92 Å². The van der Waals surface area contributed by atoms with Crippen molar-refractivity contribution in [3.63, 3.8) is 0 Å². The molecule has 0 bridgehead atoms. The van der Waals surface area contributed by atoms with Crippen LogP contribution in [0, 0.1) is 0 Å². The summed E-state index contributed by atoms with van der Waals surface area (Å²) in [5.74, 6) is -0.0950. The molecular weight excluding hydrogens is 248 g/mol. The Hall–Kier alpha value is -1.60. The summed E-state index contributed by atoms with van der Waals surface area (Å²) in [6, 6.07) is 0. The summed E-state index contributed by atoms with van der Waals surface area (Å²) in [4.78, 5) is 11.8. The zero-order valence-electron chi connectivity index (χ0n) is 11.7. The zero-order valence-corrected chi connectivity index (χ0v) is 11.7. The van der Waals surface area contributed by atoms with Crippen LogP contribution >= 0.6 is 0 Å². The first-order chi connectivity index (χ1) is 9.07. The van der Waals surface area contributed by atoms with Crippen LogP contribution in [0.2, 0.25) is 0 Å². The predicted octanol–water partition coefficient (Wildman–Crippen LogP) is 0.508. The molecule has 4 N–H and O–H groups in total. The number of amides is 1. The van der Waals surface area contributed by atoms with Crippen LogP contribution < -0.4 is 11.1 Å².